The Morgan fingerprint density at radius 2 is 2.16 bits per heavy atom. The third kappa shape index (κ3) is 4.72. The Bertz CT molecular complexity index is 436. The Morgan fingerprint density at radius 3 is 2.74 bits per heavy atom. The summed E-state index contributed by atoms with van der Waals surface area (Å²) >= 11 is 0. The Labute approximate surface area is 108 Å². The topological polar surface area (TPSA) is 66.9 Å². The molecule has 1 atom stereocenters. The molecule has 106 valence electrons. The van der Waals surface area contributed by atoms with Crippen LogP contribution in [0, 0.1) is 0 Å². The van der Waals surface area contributed by atoms with Crippen molar-refractivity contribution in [1.82, 2.24) is 15.3 Å². The van der Waals surface area contributed by atoms with E-state index in [2.05, 4.69) is 20.6 Å². The van der Waals surface area contributed by atoms with E-state index in [1.54, 1.807) is 0 Å². The molecule has 1 aromatic rings. The van der Waals surface area contributed by atoms with Crippen LogP contribution >= 0.6 is 0 Å². The summed E-state index contributed by atoms with van der Waals surface area (Å²) in [7, 11) is 0. The maximum atomic E-state index is 12.4. The van der Waals surface area contributed by atoms with Gasteiger partial charge < -0.3 is 10.6 Å². The van der Waals surface area contributed by atoms with Gasteiger partial charge in [0.25, 0.3) is 0 Å². The van der Waals surface area contributed by atoms with Crippen LogP contribution in [-0.2, 0) is 11.0 Å². The lowest BCUT2D eigenvalue weighted by Crippen LogP contribution is -2.38. The molecule has 1 aromatic heterocycles. The van der Waals surface area contributed by atoms with Crippen LogP contribution < -0.4 is 10.6 Å². The van der Waals surface area contributed by atoms with Crippen LogP contribution in [0.15, 0.2) is 12.3 Å². The molecule has 19 heavy (non-hydrogen) atoms. The Hall–Kier alpha value is -1.86. The quantitative estimate of drug-likeness (QED) is 0.861. The van der Waals surface area contributed by atoms with Crippen molar-refractivity contribution in [1.29, 1.82) is 0 Å². The SMILES string of the molecule is CCCNC(=O)C(C)Nc1nccc(C(F)(F)F)n1. The maximum Gasteiger partial charge on any atom is 0.433 e. The molecule has 0 radical (unpaired) electrons. The van der Waals surface area contributed by atoms with E-state index in [-0.39, 0.29) is 11.9 Å². The molecule has 0 saturated heterocycles. The van der Waals surface area contributed by atoms with Crippen molar-refractivity contribution in [2.75, 3.05) is 11.9 Å². The van der Waals surface area contributed by atoms with Gasteiger partial charge in [-0.3, -0.25) is 4.79 Å². The summed E-state index contributed by atoms with van der Waals surface area (Å²) in [6.45, 7) is 3.93. The summed E-state index contributed by atoms with van der Waals surface area (Å²) in [5.41, 5.74) is -1.05. The first-order valence-corrected chi connectivity index (χ1v) is 5.79. The number of hydrogen-bond acceptors (Lipinski definition) is 4. The fraction of sp³-hybridized carbons (Fsp3) is 0.545. The van der Waals surface area contributed by atoms with Crippen LogP contribution in [0.4, 0.5) is 19.1 Å². The largest absolute Gasteiger partial charge is 0.433 e. The van der Waals surface area contributed by atoms with Gasteiger partial charge in [0, 0.05) is 12.7 Å². The number of aromatic nitrogens is 2. The van der Waals surface area contributed by atoms with Gasteiger partial charge in [0.2, 0.25) is 11.9 Å². The minimum atomic E-state index is -4.53. The number of amides is 1. The van der Waals surface area contributed by atoms with E-state index in [4.69, 9.17) is 0 Å². The molecule has 1 heterocycles. The Kier molecular flexibility index (Phi) is 5.08. The van der Waals surface area contributed by atoms with Crippen LogP contribution in [0.2, 0.25) is 0 Å². The molecule has 0 aliphatic carbocycles. The summed E-state index contributed by atoms with van der Waals surface area (Å²) in [5, 5.41) is 5.15. The highest BCUT2D eigenvalue weighted by atomic mass is 19.4. The van der Waals surface area contributed by atoms with Gasteiger partial charge >= 0.3 is 6.18 Å². The molecule has 0 fully saturated rings. The zero-order valence-corrected chi connectivity index (χ0v) is 10.6. The lowest BCUT2D eigenvalue weighted by atomic mass is 10.3. The minimum absolute atomic E-state index is 0.228. The van der Waals surface area contributed by atoms with Crippen LogP contribution in [0.1, 0.15) is 26.0 Å². The molecule has 1 unspecified atom stereocenters. The van der Waals surface area contributed by atoms with E-state index >= 15 is 0 Å². The maximum absolute atomic E-state index is 12.4. The molecule has 0 saturated carbocycles. The predicted molar refractivity (Wildman–Crippen MR) is 63.4 cm³/mol. The zero-order chi connectivity index (χ0) is 14.5. The van der Waals surface area contributed by atoms with E-state index in [1.165, 1.54) is 6.92 Å². The van der Waals surface area contributed by atoms with Crippen molar-refractivity contribution in [2.45, 2.75) is 32.5 Å². The van der Waals surface area contributed by atoms with Crippen LogP contribution in [0.5, 0.6) is 0 Å². The fourth-order valence-electron chi connectivity index (χ4n) is 1.25. The lowest BCUT2D eigenvalue weighted by molar-refractivity contribution is -0.141. The Balaban J connectivity index is 2.69. The number of carbonyl (C=O) groups excluding carboxylic acids is 1. The average molecular weight is 276 g/mol. The highest BCUT2D eigenvalue weighted by Crippen LogP contribution is 2.27. The number of nitrogens with one attached hydrogen (secondary N) is 2. The first-order chi connectivity index (χ1) is 8.84. The normalized spacial score (nSPS) is 12.9. The van der Waals surface area contributed by atoms with Crippen molar-refractivity contribution in [2.24, 2.45) is 0 Å². The lowest BCUT2D eigenvalue weighted by Gasteiger charge is -2.14. The second kappa shape index (κ2) is 6.35. The second-order valence-corrected chi connectivity index (χ2v) is 3.92. The van der Waals surface area contributed by atoms with Gasteiger partial charge in [-0.25, -0.2) is 9.97 Å². The van der Waals surface area contributed by atoms with Gasteiger partial charge in [-0.2, -0.15) is 13.2 Å². The second-order valence-electron chi connectivity index (χ2n) is 3.92. The van der Waals surface area contributed by atoms with Gasteiger partial charge in [0.05, 0.1) is 0 Å². The number of carbonyl (C=O) groups is 1. The van der Waals surface area contributed by atoms with Crippen LogP contribution in [0.25, 0.3) is 0 Å². The van der Waals surface area contributed by atoms with E-state index in [9.17, 15) is 18.0 Å². The summed E-state index contributed by atoms with van der Waals surface area (Å²) < 4.78 is 37.3. The van der Waals surface area contributed by atoms with E-state index in [0.29, 0.717) is 6.54 Å². The number of rotatable bonds is 5. The molecule has 0 spiro atoms. The number of hydrogen-bond donors (Lipinski definition) is 2. The standard InChI is InChI=1S/C11H15F3N4O/c1-3-5-15-9(19)7(2)17-10-16-6-4-8(18-10)11(12,13)14/h4,6-7H,3,5H2,1-2H3,(H,15,19)(H,16,17,18). The van der Waals surface area contributed by atoms with Gasteiger partial charge in [0.15, 0.2) is 0 Å². The highest BCUT2D eigenvalue weighted by Gasteiger charge is 2.32. The van der Waals surface area contributed by atoms with Gasteiger partial charge in [-0.05, 0) is 19.4 Å². The zero-order valence-electron chi connectivity index (χ0n) is 10.6. The van der Waals surface area contributed by atoms with Gasteiger partial charge in [-0.1, -0.05) is 6.92 Å². The molecule has 0 aromatic carbocycles. The minimum Gasteiger partial charge on any atom is -0.354 e. The first kappa shape index (κ1) is 15.2. The third-order valence-electron chi connectivity index (χ3n) is 2.23. The van der Waals surface area contributed by atoms with Crippen molar-refractivity contribution in [3.8, 4) is 0 Å². The van der Waals surface area contributed by atoms with Crippen molar-refractivity contribution in [3.05, 3.63) is 18.0 Å². The Morgan fingerprint density at radius 1 is 1.47 bits per heavy atom. The monoisotopic (exact) mass is 276 g/mol. The summed E-state index contributed by atoms with van der Waals surface area (Å²) in [6, 6.07) is 0.0579. The molecule has 0 bridgehead atoms. The van der Waals surface area contributed by atoms with Gasteiger partial charge in [-0.15, -0.1) is 0 Å². The van der Waals surface area contributed by atoms with Crippen molar-refractivity contribution >= 4 is 11.9 Å². The fourth-order valence-corrected chi connectivity index (χ4v) is 1.25. The van der Waals surface area contributed by atoms with E-state index in [1.807, 2.05) is 6.92 Å². The summed E-state index contributed by atoms with van der Waals surface area (Å²) in [5.74, 6) is -0.545. The third-order valence-corrected chi connectivity index (χ3v) is 2.23. The molecular weight excluding hydrogens is 261 g/mol. The number of alkyl halides is 3. The first-order valence-electron chi connectivity index (χ1n) is 5.79. The van der Waals surface area contributed by atoms with Crippen LogP contribution in [0.3, 0.4) is 0 Å². The molecule has 1 amide bonds. The summed E-state index contributed by atoms with van der Waals surface area (Å²) in [6.07, 6.45) is -2.76. The predicted octanol–water partition coefficient (Wildman–Crippen LogP) is 1.82. The molecule has 0 aliphatic rings. The molecule has 5 nitrogen and oxygen atoms in total. The highest BCUT2D eigenvalue weighted by molar-refractivity contribution is 5.83. The van der Waals surface area contributed by atoms with Crippen LogP contribution in [-0.4, -0.2) is 28.5 Å². The number of anilines is 1. The smallest absolute Gasteiger partial charge is 0.354 e. The molecular formula is C11H15F3N4O. The molecule has 0 aliphatic heterocycles. The molecule has 2 N–H and O–H groups in total. The van der Waals surface area contributed by atoms with E-state index in [0.717, 1.165) is 18.7 Å². The number of nitrogens with zero attached hydrogens (tertiary/aromatic N) is 2. The van der Waals surface area contributed by atoms with Crippen molar-refractivity contribution in [3.63, 3.8) is 0 Å². The van der Waals surface area contributed by atoms with Crippen molar-refractivity contribution < 1.29 is 18.0 Å². The van der Waals surface area contributed by atoms with Gasteiger partial charge in [0.1, 0.15) is 11.7 Å². The average Bonchev–Trinajstić information content (AvgIpc) is 2.35. The molecule has 1 rings (SSSR count). The van der Waals surface area contributed by atoms with E-state index < -0.39 is 17.9 Å². The molecule has 8 heteroatoms. The number of halogens is 3. The summed E-state index contributed by atoms with van der Waals surface area (Å²) in [4.78, 5) is 18.5.